The van der Waals surface area contributed by atoms with Gasteiger partial charge in [-0.2, -0.15) is 0 Å². The summed E-state index contributed by atoms with van der Waals surface area (Å²) < 4.78 is 0. The van der Waals surface area contributed by atoms with E-state index >= 15 is 0 Å². The quantitative estimate of drug-likeness (QED) is 0.905. The van der Waals surface area contributed by atoms with Gasteiger partial charge >= 0.3 is 0 Å². The first-order valence-electron chi connectivity index (χ1n) is 7.32. The molecule has 1 N–H and O–H groups in total. The van der Waals surface area contributed by atoms with Crippen LogP contribution in [0.3, 0.4) is 0 Å². The maximum atomic E-state index is 4.60. The summed E-state index contributed by atoms with van der Waals surface area (Å²) in [5, 5.41) is 3.50. The summed E-state index contributed by atoms with van der Waals surface area (Å²) in [6, 6.07) is 2.04. The molecule has 1 aromatic heterocycles. The molecule has 19 heavy (non-hydrogen) atoms. The zero-order valence-electron chi connectivity index (χ0n) is 12.6. The van der Waals surface area contributed by atoms with Crippen molar-refractivity contribution in [1.82, 2.24) is 14.9 Å². The van der Waals surface area contributed by atoms with Gasteiger partial charge in [-0.25, -0.2) is 9.97 Å². The number of piperidine rings is 1. The topological polar surface area (TPSA) is 41.0 Å². The van der Waals surface area contributed by atoms with Crippen molar-refractivity contribution in [2.45, 2.75) is 39.5 Å². The molecule has 4 heteroatoms. The van der Waals surface area contributed by atoms with E-state index in [-0.39, 0.29) is 0 Å². The van der Waals surface area contributed by atoms with E-state index in [9.17, 15) is 0 Å². The first-order chi connectivity index (χ1) is 9.04. The van der Waals surface area contributed by atoms with Crippen molar-refractivity contribution in [3.63, 3.8) is 0 Å². The molecule has 0 saturated carbocycles. The molecule has 1 saturated heterocycles. The minimum absolute atomic E-state index is 0.379. The van der Waals surface area contributed by atoms with Gasteiger partial charge in [0.15, 0.2) is 0 Å². The van der Waals surface area contributed by atoms with Crippen LogP contribution in [0.5, 0.6) is 0 Å². The second-order valence-electron chi connectivity index (χ2n) is 6.04. The maximum Gasteiger partial charge on any atom is 0.133 e. The summed E-state index contributed by atoms with van der Waals surface area (Å²) in [4.78, 5) is 11.5. The van der Waals surface area contributed by atoms with Crippen LogP contribution in [0.1, 0.15) is 44.1 Å². The van der Waals surface area contributed by atoms with E-state index in [2.05, 4.69) is 41.1 Å². The van der Waals surface area contributed by atoms with Crippen molar-refractivity contribution < 1.29 is 0 Å². The average Bonchev–Trinajstić information content (AvgIpc) is 2.37. The second kappa shape index (κ2) is 6.33. The van der Waals surface area contributed by atoms with E-state index < -0.39 is 0 Å². The summed E-state index contributed by atoms with van der Waals surface area (Å²) in [6.07, 6.45) is 2.56. The summed E-state index contributed by atoms with van der Waals surface area (Å²) in [5.41, 5.74) is 1.05. The van der Waals surface area contributed by atoms with E-state index in [0.717, 1.165) is 29.8 Å². The molecule has 0 bridgehead atoms. The minimum atomic E-state index is 0.379. The molecule has 106 valence electrons. The number of nitrogens with zero attached hydrogens (tertiary/aromatic N) is 3. The smallest absolute Gasteiger partial charge is 0.133 e. The predicted molar refractivity (Wildman–Crippen MR) is 79.6 cm³/mol. The van der Waals surface area contributed by atoms with Crippen molar-refractivity contribution in [1.29, 1.82) is 0 Å². The molecule has 0 radical (unpaired) electrons. The van der Waals surface area contributed by atoms with Gasteiger partial charge < -0.3 is 10.2 Å². The summed E-state index contributed by atoms with van der Waals surface area (Å²) in [7, 11) is 2.20. The zero-order chi connectivity index (χ0) is 13.8. The molecule has 0 aromatic carbocycles. The Labute approximate surface area is 116 Å². The average molecular weight is 262 g/mol. The van der Waals surface area contributed by atoms with Crippen LogP contribution in [0, 0.1) is 12.8 Å². The highest BCUT2D eigenvalue weighted by Gasteiger charge is 2.16. The third-order valence-corrected chi connectivity index (χ3v) is 3.80. The third kappa shape index (κ3) is 4.16. The van der Waals surface area contributed by atoms with Crippen molar-refractivity contribution >= 4 is 5.82 Å². The molecular weight excluding hydrogens is 236 g/mol. The first-order valence-corrected chi connectivity index (χ1v) is 7.32. The molecule has 1 fully saturated rings. The van der Waals surface area contributed by atoms with Gasteiger partial charge in [0, 0.05) is 24.2 Å². The van der Waals surface area contributed by atoms with Crippen molar-refractivity contribution in [2.24, 2.45) is 5.92 Å². The van der Waals surface area contributed by atoms with Crippen LogP contribution in [-0.4, -0.2) is 41.5 Å². The van der Waals surface area contributed by atoms with Gasteiger partial charge in [0.2, 0.25) is 0 Å². The molecule has 0 atom stereocenters. The predicted octanol–water partition coefficient (Wildman–Crippen LogP) is 2.66. The summed E-state index contributed by atoms with van der Waals surface area (Å²) >= 11 is 0. The van der Waals surface area contributed by atoms with E-state index in [1.54, 1.807) is 0 Å². The number of aryl methyl sites for hydroxylation is 1. The molecule has 1 aliphatic heterocycles. The number of nitrogens with one attached hydrogen (secondary N) is 1. The number of aromatic nitrogens is 2. The van der Waals surface area contributed by atoms with Crippen molar-refractivity contribution in [3.05, 3.63) is 17.6 Å². The van der Waals surface area contributed by atoms with E-state index in [4.69, 9.17) is 0 Å². The van der Waals surface area contributed by atoms with Crippen LogP contribution in [0.4, 0.5) is 5.82 Å². The Kier molecular flexibility index (Phi) is 4.75. The van der Waals surface area contributed by atoms with E-state index in [1.165, 1.54) is 25.9 Å². The molecule has 0 amide bonds. The number of rotatable bonds is 4. The first kappa shape index (κ1) is 14.3. The Hall–Kier alpha value is -1.16. The van der Waals surface area contributed by atoms with Crippen LogP contribution < -0.4 is 5.32 Å². The molecule has 1 aromatic rings. The minimum Gasteiger partial charge on any atom is -0.370 e. The number of likely N-dealkylation sites (tertiary alicyclic amines) is 1. The lowest BCUT2D eigenvalue weighted by Crippen LogP contribution is -2.33. The standard InChI is InChI=1S/C15H26N4/c1-11(2)15-17-12(3)9-14(18-15)16-10-13-5-7-19(4)8-6-13/h9,11,13H,5-8,10H2,1-4H3,(H,16,17,18). The molecular formula is C15H26N4. The van der Waals surface area contributed by atoms with E-state index in [0.29, 0.717) is 5.92 Å². The molecule has 0 aliphatic carbocycles. The Balaban J connectivity index is 1.92. The molecule has 2 rings (SSSR count). The SMILES string of the molecule is Cc1cc(NCC2CCN(C)CC2)nc(C(C)C)n1. The molecule has 0 spiro atoms. The van der Waals surface area contributed by atoms with E-state index in [1.807, 2.05) is 13.0 Å². The van der Waals surface area contributed by atoms with Gasteiger partial charge in [0.05, 0.1) is 0 Å². The fourth-order valence-corrected chi connectivity index (χ4v) is 2.46. The lowest BCUT2D eigenvalue weighted by atomic mass is 9.97. The van der Waals surface area contributed by atoms with Gasteiger partial charge in [-0.05, 0) is 45.8 Å². The molecule has 1 aliphatic rings. The second-order valence-corrected chi connectivity index (χ2v) is 6.04. The van der Waals surface area contributed by atoms with Gasteiger partial charge in [-0.3, -0.25) is 0 Å². The fraction of sp³-hybridized carbons (Fsp3) is 0.733. The lowest BCUT2D eigenvalue weighted by molar-refractivity contribution is 0.226. The van der Waals surface area contributed by atoms with Crippen LogP contribution >= 0.6 is 0 Å². The van der Waals surface area contributed by atoms with Gasteiger partial charge in [-0.1, -0.05) is 13.8 Å². The summed E-state index contributed by atoms with van der Waals surface area (Å²) in [6.45, 7) is 9.76. The third-order valence-electron chi connectivity index (χ3n) is 3.80. The highest BCUT2D eigenvalue weighted by atomic mass is 15.1. The van der Waals surface area contributed by atoms with Gasteiger partial charge in [0.25, 0.3) is 0 Å². The van der Waals surface area contributed by atoms with Crippen molar-refractivity contribution in [3.8, 4) is 0 Å². The number of hydrogen-bond donors (Lipinski definition) is 1. The van der Waals surface area contributed by atoms with Crippen LogP contribution in [0.2, 0.25) is 0 Å². The molecule has 2 heterocycles. The van der Waals surface area contributed by atoms with Crippen LogP contribution in [0.15, 0.2) is 6.07 Å². The highest BCUT2D eigenvalue weighted by molar-refractivity contribution is 5.36. The Morgan fingerprint density at radius 1 is 1.32 bits per heavy atom. The van der Waals surface area contributed by atoms with Gasteiger partial charge in [0.1, 0.15) is 11.6 Å². The highest BCUT2D eigenvalue weighted by Crippen LogP contribution is 2.18. The normalized spacial score (nSPS) is 17.9. The Morgan fingerprint density at radius 3 is 2.63 bits per heavy atom. The number of anilines is 1. The zero-order valence-corrected chi connectivity index (χ0v) is 12.6. The summed E-state index contributed by atoms with van der Waals surface area (Å²) in [5.74, 6) is 3.07. The van der Waals surface area contributed by atoms with Gasteiger partial charge in [-0.15, -0.1) is 0 Å². The fourth-order valence-electron chi connectivity index (χ4n) is 2.46. The Morgan fingerprint density at radius 2 is 2.00 bits per heavy atom. The Bertz CT molecular complexity index is 409. The molecule has 0 unspecified atom stereocenters. The maximum absolute atomic E-state index is 4.60. The van der Waals surface area contributed by atoms with Crippen molar-refractivity contribution in [2.75, 3.05) is 32.0 Å². The molecule has 4 nitrogen and oxygen atoms in total. The largest absolute Gasteiger partial charge is 0.370 e. The number of hydrogen-bond acceptors (Lipinski definition) is 4. The lowest BCUT2D eigenvalue weighted by Gasteiger charge is -2.29. The van der Waals surface area contributed by atoms with Crippen LogP contribution in [0.25, 0.3) is 0 Å². The monoisotopic (exact) mass is 262 g/mol. The van der Waals surface area contributed by atoms with Crippen LogP contribution in [-0.2, 0) is 0 Å².